The lowest BCUT2D eigenvalue weighted by atomic mass is 10.1. The van der Waals surface area contributed by atoms with Gasteiger partial charge in [-0.3, -0.25) is 19.2 Å². The lowest BCUT2D eigenvalue weighted by Crippen LogP contribution is -2.41. The zero-order valence-corrected chi connectivity index (χ0v) is 13.4. The number of hydrogen-bond acceptors (Lipinski definition) is 5. The number of ketones is 1. The van der Waals surface area contributed by atoms with Crippen molar-refractivity contribution in [2.75, 3.05) is 31.6 Å². The Bertz CT molecular complexity index is 700. The number of carboxylic acids is 1. The van der Waals surface area contributed by atoms with E-state index in [9.17, 15) is 19.2 Å². The molecule has 0 spiro atoms. The molecule has 0 saturated carbocycles. The van der Waals surface area contributed by atoms with E-state index in [1.165, 1.54) is 18.9 Å². The van der Waals surface area contributed by atoms with Crippen LogP contribution in [0.5, 0.6) is 5.75 Å². The molecule has 1 aliphatic rings. The van der Waals surface area contributed by atoms with Crippen molar-refractivity contribution in [3.8, 4) is 5.75 Å². The number of amides is 2. The first-order valence-electron chi connectivity index (χ1n) is 7.33. The van der Waals surface area contributed by atoms with E-state index in [1.54, 1.807) is 18.2 Å². The van der Waals surface area contributed by atoms with Crippen LogP contribution < -0.4 is 9.64 Å². The summed E-state index contributed by atoms with van der Waals surface area (Å²) in [6, 6.07) is 4.78. The SMILES string of the molecule is CC(=O)c1ccc2c(c1)N(CCC(=O)N(C)CC(=O)O)C(=O)CO2. The molecule has 128 valence electrons. The van der Waals surface area contributed by atoms with Crippen molar-refractivity contribution in [1.82, 2.24) is 4.90 Å². The highest BCUT2D eigenvalue weighted by Gasteiger charge is 2.27. The van der Waals surface area contributed by atoms with Gasteiger partial charge in [0, 0.05) is 25.6 Å². The Morgan fingerprint density at radius 3 is 2.67 bits per heavy atom. The number of Topliss-reactive ketones (excluding diaryl/α,β-unsaturated/α-hetero) is 1. The highest BCUT2D eigenvalue weighted by Crippen LogP contribution is 2.33. The summed E-state index contributed by atoms with van der Waals surface area (Å²) < 4.78 is 5.33. The standard InChI is InChI=1S/C16H18N2O6/c1-10(19)11-3-4-13-12(7-11)18(15(21)9-24-13)6-5-14(20)17(2)8-16(22)23/h3-4,7H,5-6,8-9H2,1-2H3,(H,22,23). The number of nitrogens with zero attached hydrogens (tertiary/aromatic N) is 2. The van der Waals surface area contributed by atoms with E-state index >= 15 is 0 Å². The summed E-state index contributed by atoms with van der Waals surface area (Å²) in [5.74, 6) is -1.50. The first-order chi connectivity index (χ1) is 11.3. The van der Waals surface area contributed by atoms with Gasteiger partial charge in [-0.05, 0) is 25.1 Å². The summed E-state index contributed by atoms with van der Waals surface area (Å²) in [4.78, 5) is 48.7. The van der Waals surface area contributed by atoms with Gasteiger partial charge in [0.2, 0.25) is 5.91 Å². The van der Waals surface area contributed by atoms with Crippen molar-refractivity contribution in [2.45, 2.75) is 13.3 Å². The number of carbonyl (C=O) groups is 4. The van der Waals surface area contributed by atoms with Crippen LogP contribution in [0.3, 0.4) is 0 Å². The minimum Gasteiger partial charge on any atom is -0.482 e. The summed E-state index contributed by atoms with van der Waals surface area (Å²) in [5.41, 5.74) is 0.874. The molecule has 1 N–H and O–H groups in total. The number of fused-ring (bicyclic) bond motifs is 1. The van der Waals surface area contributed by atoms with Crippen LogP contribution in [-0.2, 0) is 14.4 Å². The van der Waals surface area contributed by atoms with E-state index in [2.05, 4.69) is 0 Å². The van der Waals surface area contributed by atoms with Gasteiger partial charge in [-0.15, -0.1) is 0 Å². The number of anilines is 1. The highest BCUT2D eigenvalue weighted by molar-refractivity contribution is 6.01. The van der Waals surface area contributed by atoms with E-state index in [4.69, 9.17) is 9.84 Å². The second-order valence-corrected chi connectivity index (χ2v) is 5.47. The lowest BCUT2D eigenvalue weighted by Gasteiger charge is -2.30. The van der Waals surface area contributed by atoms with Gasteiger partial charge in [0.1, 0.15) is 12.3 Å². The normalized spacial score (nSPS) is 13.1. The van der Waals surface area contributed by atoms with Crippen LogP contribution in [0.4, 0.5) is 5.69 Å². The third-order valence-corrected chi connectivity index (χ3v) is 3.66. The van der Waals surface area contributed by atoms with E-state index < -0.39 is 12.5 Å². The number of hydrogen-bond donors (Lipinski definition) is 1. The van der Waals surface area contributed by atoms with Crippen LogP contribution in [0, 0.1) is 0 Å². The predicted molar refractivity (Wildman–Crippen MR) is 84.2 cm³/mol. The van der Waals surface area contributed by atoms with Crippen LogP contribution in [-0.4, -0.2) is 60.3 Å². The minimum absolute atomic E-state index is 0.0285. The molecule has 24 heavy (non-hydrogen) atoms. The molecule has 8 heteroatoms. The molecule has 0 fully saturated rings. The van der Waals surface area contributed by atoms with E-state index in [-0.39, 0.29) is 37.2 Å². The summed E-state index contributed by atoms with van der Waals surface area (Å²) in [5, 5.41) is 8.70. The number of ether oxygens (including phenoxy) is 1. The van der Waals surface area contributed by atoms with E-state index in [0.29, 0.717) is 17.0 Å². The summed E-state index contributed by atoms with van der Waals surface area (Å²) in [6.45, 7) is 0.952. The smallest absolute Gasteiger partial charge is 0.323 e. The van der Waals surface area contributed by atoms with Crippen molar-refractivity contribution in [3.63, 3.8) is 0 Å². The molecule has 0 radical (unpaired) electrons. The Hall–Kier alpha value is -2.90. The van der Waals surface area contributed by atoms with Crippen molar-refractivity contribution < 1.29 is 29.0 Å². The first kappa shape index (κ1) is 17.5. The monoisotopic (exact) mass is 334 g/mol. The fourth-order valence-electron chi connectivity index (χ4n) is 2.36. The molecule has 0 unspecified atom stereocenters. The number of carbonyl (C=O) groups excluding carboxylic acids is 3. The molecule has 1 aromatic rings. The molecule has 0 aromatic heterocycles. The van der Waals surface area contributed by atoms with Gasteiger partial charge >= 0.3 is 5.97 Å². The highest BCUT2D eigenvalue weighted by atomic mass is 16.5. The van der Waals surface area contributed by atoms with Gasteiger partial charge in [0.15, 0.2) is 12.4 Å². The molecular formula is C16H18N2O6. The molecule has 2 amide bonds. The van der Waals surface area contributed by atoms with Crippen molar-refractivity contribution in [1.29, 1.82) is 0 Å². The van der Waals surface area contributed by atoms with Crippen LogP contribution in [0.2, 0.25) is 0 Å². The molecule has 0 atom stereocenters. The molecule has 1 heterocycles. The maximum Gasteiger partial charge on any atom is 0.323 e. The van der Waals surface area contributed by atoms with E-state index in [0.717, 1.165) is 4.90 Å². The Morgan fingerprint density at radius 1 is 1.33 bits per heavy atom. The fraction of sp³-hybridized carbons (Fsp3) is 0.375. The zero-order chi connectivity index (χ0) is 17.9. The third-order valence-electron chi connectivity index (χ3n) is 3.66. The molecule has 2 rings (SSSR count). The van der Waals surface area contributed by atoms with Crippen LogP contribution in [0.15, 0.2) is 18.2 Å². The van der Waals surface area contributed by atoms with Gasteiger partial charge in [-0.25, -0.2) is 0 Å². The first-order valence-corrected chi connectivity index (χ1v) is 7.33. The van der Waals surface area contributed by atoms with Crippen LogP contribution >= 0.6 is 0 Å². The Labute approximate surface area is 138 Å². The average Bonchev–Trinajstić information content (AvgIpc) is 2.52. The average molecular weight is 334 g/mol. The van der Waals surface area contributed by atoms with Gasteiger partial charge in [0.05, 0.1) is 5.69 Å². The number of aliphatic carboxylic acids is 1. The van der Waals surface area contributed by atoms with Gasteiger partial charge in [-0.2, -0.15) is 0 Å². The van der Waals surface area contributed by atoms with E-state index in [1.807, 2.05) is 0 Å². The molecule has 0 aliphatic carbocycles. The lowest BCUT2D eigenvalue weighted by molar-refractivity contribution is -0.143. The Morgan fingerprint density at radius 2 is 2.04 bits per heavy atom. The Kier molecular flexibility index (Phi) is 5.18. The summed E-state index contributed by atoms with van der Waals surface area (Å²) >= 11 is 0. The molecule has 1 aliphatic heterocycles. The largest absolute Gasteiger partial charge is 0.482 e. The molecular weight excluding hydrogens is 316 g/mol. The van der Waals surface area contributed by atoms with Crippen molar-refractivity contribution >= 4 is 29.3 Å². The maximum atomic E-state index is 12.1. The van der Waals surface area contributed by atoms with Gasteiger partial charge < -0.3 is 19.6 Å². The summed E-state index contributed by atoms with van der Waals surface area (Å²) in [6.07, 6.45) is -0.0285. The molecule has 1 aromatic carbocycles. The fourth-order valence-corrected chi connectivity index (χ4v) is 2.36. The predicted octanol–water partition coefficient (Wildman–Crippen LogP) is 0.548. The van der Waals surface area contributed by atoms with Crippen molar-refractivity contribution in [2.24, 2.45) is 0 Å². The van der Waals surface area contributed by atoms with Gasteiger partial charge in [-0.1, -0.05) is 0 Å². The summed E-state index contributed by atoms with van der Waals surface area (Å²) in [7, 11) is 1.39. The maximum absolute atomic E-state index is 12.1. The number of rotatable bonds is 6. The molecule has 0 saturated heterocycles. The van der Waals surface area contributed by atoms with Crippen LogP contribution in [0.1, 0.15) is 23.7 Å². The molecule has 0 bridgehead atoms. The zero-order valence-electron chi connectivity index (χ0n) is 13.4. The molecule has 8 nitrogen and oxygen atoms in total. The van der Waals surface area contributed by atoms with Gasteiger partial charge in [0.25, 0.3) is 5.91 Å². The number of benzene rings is 1. The number of likely N-dealkylation sites (N-methyl/N-ethyl adjacent to an activating group) is 1. The number of carboxylic acid groups (broad SMARTS) is 1. The van der Waals surface area contributed by atoms with Crippen molar-refractivity contribution in [3.05, 3.63) is 23.8 Å². The second-order valence-electron chi connectivity index (χ2n) is 5.47. The van der Waals surface area contributed by atoms with Crippen LogP contribution in [0.25, 0.3) is 0 Å². The topological polar surface area (TPSA) is 104 Å². The third kappa shape index (κ3) is 3.89. The minimum atomic E-state index is -1.11. The quantitative estimate of drug-likeness (QED) is 0.762. The second kappa shape index (κ2) is 7.12. The Balaban J connectivity index is 2.14.